The first kappa shape index (κ1) is 13.8. The SMILES string of the molecule is CC1=Cc2ccccc2C1C([SiH3])C1C(C)=Cc2ccccc21. The monoisotopic (exact) mass is 302 g/mol. The van der Waals surface area contributed by atoms with Gasteiger partial charge >= 0.3 is 0 Å². The molecule has 0 spiro atoms. The fourth-order valence-electron chi connectivity index (χ4n) is 4.60. The molecule has 2 aliphatic rings. The maximum absolute atomic E-state index is 2.39. The summed E-state index contributed by atoms with van der Waals surface area (Å²) in [4.78, 5) is 0. The Balaban J connectivity index is 1.76. The van der Waals surface area contributed by atoms with Crippen molar-refractivity contribution in [1.29, 1.82) is 0 Å². The molecular formula is C21H22Si. The molecule has 0 aliphatic heterocycles. The topological polar surface area (TPSA) is 0 Å². The summed E-state index contributed by atoms with van der Waals surface area (Å²) in [6.45, 7) is 4.63. The molecule has 2 aromatic rings. The molecule has 0 radical (unpaired) electrons. The Morgan fingerprint density at radius 3 is 1.59 bits per heavy atom. The average molecular weight is 302 g/mol. The third-order valence-corrected chi connectivity index (χ3v) is 6.79. The van der Waals surface area contributed by atoms with E-state index in [-0.39, 0.29) is 0 Å². The third kappa shape index (κ3) is 1.96. The minimum absolute atomic E-state index is 0.599. The molecule has 0 fully saturated rings. The zero-order chi connectivity index (χ0) is 15.3. The van der Waals surface area contributed by atoms with E-state index in [1.54, 1.807) is 11.1 Å². The van der Waals surface area contributed by atoms with Gasteiger partial charge in [-0.2, -0.15) is 0 Å². The van der Waals surface area contributed by atoms with Gasteiger partial charge in [-0.1, -0.05) is 71.8 Å². The van der Waals surface area contributed by atoms with Crippen molar-refractivity contribution in [3.63, 3.8) is 0 Å². The zero-order valence-electron chi connectivity index (χ0n) is 13.5. The van der Waals surface area contributed by atoms with E-state index in [2.05, 4.69) is 74.5 Å². The molecule has 2 unspecified atom stereocenters. The highest BCUT2D eigenvalue weighted by atomic mass is 28.1. The minimum atomic E-state index is 0.599. The quantitative estimate of drug-likeness (QED) is 0.714. The number of rotatable bonds is 2. The first-order valence-electron chi connectivity index (χ1n) is 8.21. The van der Waals surface area contributed by atoms with Crippen LogP contribution in [0, 0.1) is 0 Å². The molecule has 2 aromatic carbocycles. The number of allylic oxidation sites excluding steroid dienone is 2. The minimum Gasteiger partial charge on any atom is -0.0652 e. The van der Waals surface area contributed by atoms with E-state index in [1.165, 1.54) is 32.5 Å². The summed E-state index contributed by atoms with van der Waals surface area (Å²) in [5.74, 6) is 1.20. The molecule has 1 heteroatoms. The van der Waals surface area contributed by atoms with Gasteiger partial charge in [-0.3, -0.25) is 0 Å². The first-order chi connectivity index (χ1) is 10.7. The van der Waals surface area contributed by atoms with Crippen molar-refractivity contribution < 1.29 is 0 Å². The van der Waals surface area contributed by atoms with Crippen molar-refractivity contribution in [2.24, 2.45) is 0 Å². The highest BCUT2D eigenvalue weighted by molar-refractivity contribution is 6.14. The van der Waals surface area contributed by atoms with Crippen LogP contribution >= 0.6 is 0 Å². The number of hydrogen-bond donors (Lipinski definition) is 0. The Morgan fingerprint density at radius 2 is 1.14 bits per heavy atom. The van der Waals surface area contributed by atoms with Crippen LogP contribution in [-0.2, 0) is 0 Å². The highest BCUT2D eigenvalue weighted by Crippen LogP contribution is 2.52. The van der Waals surface area contributed by atoms with Gasteiger partial charge in [-0.15, -0.1) is 0 Å². The molecule has 0 nitrogen and oxygen atoms in total. The Morgan fingerprint density at radius 1 is 0.727 bits per heavy atom. The second-order valence-electron chi connectivity index (χ2n) is 6.85. The van der Waals surface area contributed by atoms with E-state index >= 15 is 0 Å². The molecule has 4 rings (SSSR count). The fraction of sp³-hybridized carbons (Fsp3) is 0.238. The number of fused-ring (bicyclic) bond motifs is 2. The lowest BCUT2D eigenvalue weighted by molar-refractivity contribution is 0.641. The summed E-state index contributed by atoms with van der Waals surface area (Å²) < 4.78 is 0. The van der Waals surface area contributed by atoms with Crippen LogP contribution in [0.15, 0.2) is 59.7 Å². The summed E-state index contributed by atoms with van der Waals surface area (Å²) in [5, 5.41) is 0. The van der Waals surface area contributed by atoms with E-state index in [1.807, 2.05) is 0 Å². The van der Waals surface area contributed by atoms with E-state index in [9.17, 15) is 0 Å². The van der Waals surface area contributed by atoms with Crippen LogP contribution in [0.25, 0.3) is 12.2 Å². The lowest BCUT2D eigenvalue weighted by Gasteiger charge is -2.30. The molecular weight excluding hydrogens is 280 g/mol. The fourth-order valence-corrected chi connectivity index (χ4v) is 6.37. The van der Waals surface area contributed by atoms with Crippen LogP contribution in [0.4, 0.5) is 0 Å². The van der Waals surface area contributed by atoms with Gasteiger partial charge in [0.1, 0.15) is 0 Å². The van der Waals surface area contributed by atoms with Crippen LogP contribution in [0.1, 0.15) is 47.9 Å². The molecule has 0 saturated carbocycles. The summed E-state index contributed by atoms with van der Waals surface area (Å²) in [7, 11) is 1.21. The summed E-state index contributed by atoms with van der Waals surface area (Å²) >= 11 is 0. The second kappa shape index (κ2) is 5.10. The van der Waals surface area contributed by atoms with Gasteiger partial charge in [0.05, 0.1) is 0 Å². The van der Waals surface area contributed by atoms with Gasteiger partial charge < -0.3 is 0 Å². The van der Waals surface area contributed by atoms with Gasteiger partial charge in [0.25, 0.3) is 0 Å². The van der Waals surface area contributed by atoms with E-state index < -0.39 is 0 Å². The van der Waals surface area contributed by atoms with Crippen molar-refractivity contribution in [3.8, 4) is 0 Å². The van der Waals surface area contributed by atoms with Gasteiger partial charge in [0.2, 0.25) is 0 Å². The number of benzene rings is 2. The molecule has 2 aliphatic carbocycles. The van der Waals surface area contributed by atoms with Gasteiger partial charge in [0.15, 0.2) is 0 Å². The maximum Gasteiger partial charge on any atom is 0.00911 e. The maximum atomic E-state index is 2.39. The van der Waals surface area contributed by atoms with Crippen LogP contribution in [0.3, 0.4) is 0 Å². The largest absolute Gasteiger partial charge is 0.0652 e. The molecule has 2 atom stereocenters. The number of hydrogen-bond acceptors (Lipinski definition) is 0. The molecule has 0 amide bonds. The van der Waals surface area contributed by atoms with Crippen LogP contribution in [-0.4, -0.2) is 10.2 Å². The van der Waals surface area contributed by atoms with Crippen LogP contribution in [0.5, 0.6) is 0 Å². The van der Waals surface area contributed by atoms with Gasteiger partial charge in [-0.05, 0) is 41.6 Å². The Labute approximate surface area is 136 Å². The Kier molecular flexibility index (Phi) is 3.19. The van der Waals surface area contributed by atoms with E-state index in [4.69, 9.17) is 0 Å². The molecule has 22 heavy (non-hydrogen) atoms. The Bertz CT molecular complexity index is 730. The first-order valence-corrected chi connectivity index (χ1v) is 9.36. The molecule has 0 heterocycles. The summed E-state index contributed by atoms with van der Waals surface area (Å²) in [5.41, 5.74) is 9.74. The molecule has 0 N–H and O–H groups in total. The zero-order valence-corrected chi connectivity index (χ0v) is 15.5. The molecule has 0 saturated heterocycles. The van der Waals surface area contributed by atoms with Gasteiger partial charge in [-0.25, -0.2) is 0 Å². The van der Waals surface area contributed by atoms with Crippen LogP contribution < -0.4 is 0 Å². The highest BCUT2D eigenvalue weighted by Gasteiger charge is 2.35. The van der Waals surface area contributed by atoms with Crippen molar-refractivity contribution in [2.75, 3.05) is 0 Å². The summed E-state index contributed by atoms with van der Waals surface area (Å²) in [6.07, 6.45) is 4.79. The summed E-state index contributed by atoms with van der Waals surface area (Å²) in [6, 6.07) is 17.9. The van der Waals surface area contributed by atoms with Crippen molar-refractivity contribution >= 4 is 22.4 Å². The van der Waals surface area contributed by atoms with E-state index in [0.717, 1.165) is 5.54 Å². The predicted octanol–water partition coefficient (Wildman–Crippen LogP) is 4.54. The standard InChI is InChI=1S/C21H22Si/c1-13-11-15-7-3-5-9-17(15)19(13)21(22)20-14(2)12-16-8-4-6-10-18(16)20/h3-12,19-21H,1-2,22H3. The van der Waals surface area contributed by atoms with Crippen molar-refractivity contribution in [2.45, 2.75) is 31.2 Å². The lowest BCUT2D eigenvalue weighted by Crippen LogP contribution is -2.15. The normalized spacial score (nSPS) is 23.7. The Hall–Kier alpha value is -1.86. The molecule has 0 aromatic heterocycles. The van der Waals surface area contributed by atoms with Crippen molar-refractivity contribution in [3.05, 3.63) is 81.9 Å². The molecule has 0 bridgehead atoms. The third-order valence-electron chi connectivity index (χ3n) is 5.46. The second-order valence-corrected chi connectivity index (χ2v) is 8.18. The lowest BCUT2D eigenvalue weighted by atomic mass is 9.81. The molecule has 110 valence electrons. The average Bonchev–Trinajstić information content (AvgIpc) is 3.01. The van der Waals surface area contributed by atoms with Gasteiger partial charge in [0, 0.05) is 22.1 Å². The van der Waals surface area contributed by atoms with Crippen LogP contribution in [0.2, 0.25) is 5.54 Å². The van der Waals surface area contributed by atoms with Crippen molar-refractivity contribution in [1.82, 2.24) is 0 Å². The smallest absolute Gasteiger partial charge is 0.00911 e. The van der Waals surface area contributed by atoms with E-state index in [0.29, 0.717) is 11.8 Å². The predicted molar refractivity (Wildman–Crippen MR) is 99.4 cm³/mol.